The Morgan fingerprint density at radius 1 is 1.04 bits per heavy atom. The molecule has 0 amide bonds. The Labute approximate surface area is 152 Å². The third-order valence-electron chi connectivity index (χ3n) is 3.81. The minimum absolute atomic E-state index is 0.0862. The summed E-state index contributed by atoms with van der Waals surface area (Å²) in [4.78, 5) is 12.1. The molecule has 0 aliphatic rings. The van der Waals surface area contributed by atoms with Gasteiger partial charge >= 0.3 is 5.97 Å². The second-order valence-corrected chi connectivity index (χ2v) is 7.81. The van der Waals surface area contributed by atoms with Crippen LogP contribution in [-0.2, 0) is 10.2 Å². The highest BCUT2D eigenvalue weighted by Crippen LogP contribution is 2.33. The van der Waals surface area contributed by atoms with Crippen LogP contribution >= 0.6 is 15.9 Å². The maximum Gasteiger partial charge on any atom is 0.349 e. The highest BCUT2D eigenvalue weighted by atomic mass is 79.9. The number of benzene rings is 2. The average Bonchev–Trinajstić information content (AvgIpc) is 2.49. The van der Waals surface area contributed by atoms with Crippen molar-refractivity contribution < 1.29 is 14.3 Å². The Hall–Kier alpha value is -1.81. The fraction of sp³-hybridized carbons (Fsp3) is 0.350. The lowest BCUT2D eigenvalue weighted by molar-refractivity contribution is -0.136. The van der Waals surface area contributed by atoms with Gasteiger partial charge in [-0.1, -0.05) is 42.8 Å². The van der Waals surface area contributed by atoms with Crippen molar-refractivity contribution in [1.29, 1.82) is 0 Å². The SMILES string of the molecule is Cc1ccc(OC(=O)COc2ccc(Br)cc2C(C)(C)C)cc1C. The van der Waals surface area contributed by atoms with Gasteiger partial charge in [0.2, 0.25) is 0 Å². The van der Waals surface area contributed by atoms with Gasteiger partial charge in [0, 0.05) is 10.0 Å². The van der Waals surface area contributed by atoms with E-state index in [1.165, 1.54) is 0 Å². The van der Waals surface area contributed by atoms with E-state index in [1.807, 2.05) is 44.2 Å². The Morgan fingerprint density at radius 3 is 2.38 bits per heavy atom. The van der Waals surface area contributed by atoms with Crippen LogP contribution in [0.5, 0.6) is 11.5 Å². The number of hydrogen-bond donors (Lipinski definition) is 0. The lowest BCUT2D eigenvalue weighted by atomic mass is 9.86. The van der Waals surface area contributed by atoms with Crippen molar-refractivity contribution in [3.05, 3.63) is 57.6 Å². The van der Waals surface area contributed by atoms with E-state index in [9.17, 15) is 4.79 Å². The predicted octanol–water partition coefficient (Wildman–Crippen LogP) is 5.35. The smallest absolute Gasteiger partial charge is 0.349 e. The summed E-state index contributed by atoms with van der Waals surface area (Å²) in [5.41, 5.74) is 3.20. The van der Waals surface area contributed by atoms with Crippen LogP contribution in [0, 0.1) is 13.8 Å². The highest BCUT2D eigenvalue weighted by molar-refractivity contribution is 9.10. The Kier molecular flexibility index (Phi) is 5.70. The first-order valence-electron chi connectivity index (χ1n) is 7.87. The van der Waals surface area contributed by atoms with Crippen LogP contribution in [0.15, 0.2) is 40.9 Å². The minimum atomic E-state index is -0.416. The standard InChI is InChI=1S/C20H23BrO3/c1-13-6-8-16(10-14(13)2)24-19(22)12-23-18-9-7-15(21)11-17(18)20(3,4)5/h6-11H,12H2,1-5H3. The van der Waals surface area contributed by atoms with Gasteiger partial charge in [-0.3, -0.25) is 0 Å². The zero-order valence-electron chi connectivity index (χ0n) is 14.8. The van der Waals surface area contributed by atoms with Gasteiger partial charge in [-0.15, -0.1) is 0 Å². The Morgan fingerprint density at radius 2 is 1.75 bits per heavy atom. The molecule has 3 nitrogen and oxygen atoms in total. The van der Waals surface area contributed by atoms with Gasteiger partial charge in [0.05, 0.1) is 0 Å². The zero-order valence-corrected chi connectivity index (χ0v) is 16.4. The Bertz CT molecular complexity index is 745. The predicted molar refractivity (Wildman–Crippen MR) is 99.9 cm³/mol. The van der Waals surface area contributed by atoms with Crippen molar-refractivity contribution in [2.75, 3.05) is 6.61 Å². The van der Waals surface area contributed by atoms with E-state index in [1.54, 1.807) is 6.07 Å². The normalized spacial score (nSPS) is 11.2. The molecule has 2 aromatic carbocycles. The fourth-order valence-corrected chi connectivity index (χ4v) is 2.65. The third kappa shape index (κ3) is 4.84. The molecule has 0 fully saturated rings. The van der Waals surface area contributed by atoms with E-state index in [2.05, 4.69) is 36.7 Å². The van der Waals surface area contributed by atoms with Crippen molar-refractivity contribution >= 4 is 21.9 Å². The monoisotopic (exact) mass is 390 g/mol. The third-order valence-corrected chi connectivity index (χ3v) is 4.30. The summed E-state index contributed by atoms with van der Waals surface area (Å²) in [6, 6.07) is 11.4. The van der Waals surface area contributed by atoms with Gasteiger partial charge in [-0.25, -0.2) is 4.79 Å². The molecule has 0 atom stereocenters. The molecule has 0 aliphatic heterocycles. The summed E-state index contributed by atoms with van der Waals surface area (Å²) in [5.74, 6) is 0.822. The summed E-state index contributed by atoms with van der Waals surface area (Å²) in [7, 11) is 0. The summed E-state index contributed by atoms with van der Waals surface area (Å²) in [6.07, 6.45) is 0. The van der Waals surface area contributed by atoms with E-state index in [0.29, 0.717) is 11.5 Å². The molecular formula is C20H23BrO3. The molecule has 0 saturated heterocycles. The lowest BCUT2D eigenvalue weighted by Gasteiger charge is -2.23. The van der Waals surface area contributed by atoms with Crippen molar-refractivity contribution in [1.82, 2.24) is 0 Å². The van der Waals surface area contributed by atoms with Crippen molar-refractivity contribution in [2.24, 2.45) is 0 Å². The maximum absolute atomic E-state index is 12.1. The number of carbonyl (C=O) groups excluding carboxylic acids is 1. The van der Waals surface area contributed by atoms with Crippen LogP contribution in [0.3, 0.4) is 0 Å². The lowest BCUT2D eigenvalue weighted by Crippen LogP contribution is -2.20. The first-order valence-corrected chi connectivity index (χ1v) is 8.67. The molecule has 24 heavy (non-hydrogen) atoms. The van der Waals surface area contributed by atoms with Crippen LogP contribution < -0.4 is 9.47 Å². The largest absolute Gasteiger partial charge is 0.482 e. The number of ether oxygens (including phenoxy) is 2. The quantitative estimate of drug-likeness (QED) is 0.521. The molecule has 0 unspecified atom stereocenters. The number of halogens is 1. The van der Waals surface area contributed by atoms with E-state index >= 15 is 0 Å². The van der Waals surface area contributed by atoms with Gasteiger partial charge in [-0.2, -0.15) is 0 Å². The van der Waals surface area contributed by atoms with E-state index in [-0.39, 0.29) is 12.0 Å². The van der Waals surface area contributed by atoms with Crippen molar-refractivity contribution in [3.63, 3.8) is 0 Å². The van der Waals surface area contributed by atoms with Gasteiger partial charge in [0.1, 0.15) is 11.5 Å². The first-order chi connectivity index (χ1) is 11.2. The van der Waals surface area contributed by atoms with Crippen molar-refractivity contribution in [3.8, 4) is 11.5 Å². The van der Waals surface area contributed by atoms with Gasteiger partial charge in [-0.05, 0) is 60.7 Å². The number of carbonyl (C=O) groups is 1. The van der Waals surface area contributed by atoms with Crippen LogP contribution in [-0.4, -0.2) is 12.6 Å². The average molecular weight is 391 g/mol. The zero-order chi connectivity index (χ0) is 17.9. The summed E-state index contributed by atoms with van der Waals surface area (Å²) in [6.45, 7) is 10.2. The molecule has 2 aromatic rings. The molecular weight excluding hydrogens is 368 g/mol. The fourth-order valence-electron chi connectivity index (χ4n) is 2.29. The van der Waals surface area contributed by atoms with Crippen LogP contribution in [0.4, 0.5) is 0 Å². The highest BCUT2D eigenvalue weighted by Gasteiger charge is 2.20. The minimum Gasteiger partial charge on any atom is -0.482 e. The maximum atomic E-state index is 12.1. The van der Waals surface area contributed by atoms with Gasteiger partial charge in [0.15, 0.2) is 6.61 Å². The molecule has 0 aromatic heterocycles. The molecule has 0 aliphatic carbocycles. The molecule has 2 rings (SSSR count). The Balaban J connectivity index is 2.05. The van der Waals surface area contributed by atoms with Crippen LogP contribution in [0.2, 0.25) is 0 Å². The van der Waals surface area contributed by atoms with Crippen molar-refractivity contribution in [2.45, 2.75) is 40.0 Å². The molecule has 0 saturated carbocycles. The second-order valence-electron chi connectivity index (χ2n) is 6.90. The number of aryl methyl sites for hydroxylation is 2. The van der Waals surface area contributed by atoms with Gasteiger partial charge in [0.25, 0.3) is 0 Å². The van der Waals surface area contributed by atoms with E-state index in [4.69, 9.17) is 9.47 Å². The summed E-state index contributed by atoms with van der Waals surface area (Å²) >= 11 is 3.48. The summed E-state index contributed by atoms with van der Waals surface area (Å²) < 4.78 is 12.0. The number of rotatable bonds is 4. The molecule has 0 bridgehead atoms. The van der Waals surface area contributed by atoms with Crippen LogP contribution in [0.1, 0.15) is 37.5 Å². The topological polar surface area (TPSA) is 35.5 Å². The molecule has 0 N–H and O–H groups in total. The molecule has 0 radical (unpaired) electrons. The molecule has 4 heteroatoms. The van der Waals surface area contributed by atoms with Crippen LogP contribution in [0.25, 0.3) is 0 Å². The molecule has 0 heterocycles. The number of hydrogen-bond acceptors (Lipinski definition) is 3. The van der Waals surface area contributed by atoms with Gasteiger partial charge < -0.3 is 9.47 Å². The first kappa shape index (κ1) is 18.5. The van der Waals surface area contributed by atoms with E-state index < -0.39 is 5.97 Å². The van der Waals surface area contributed by atoms with E-state index in [0.717, 1.165) is 21.2 Å². The number of esters is 1. The molecule has 0 spiro atoms. The summed E-state index contributed by atoms with van der Waals surface area (Å²) in [5, 5.41) is 0. The second kappa shape index (κ2) is 7.39. The molecule has 128 valence electrons.